The van der Waals surface area contributed by atoms with Crippen molar-refractivity contribution in [3.8, 4) is 5.75 Å². The number of non-ortho nitro benzene ring substituents is 1. The number of hydrogen-bond acceptors (Lipinski definition) is 7. The van der Waals surface area contributed by atoms with E-state index in [1.165, 1.54) is 36.3 Å². The summed E-state index contributed by atoms with van der Waals surface area (Å²) in [5, 5.41) is 10.9. The number of nitro groups is 1. The van der Waals surface area contributed by atoms with E-state index in [-0.39, 0.29) is 46.6 Å². The number of nitro benzene ring substituents is 1. The van der Waals surface area contributed by atoms with Crippen LogP contribution < -0.4 is 4.18 Å². The number of ether oxygens (including phenoxy) is 1. The molecule has 3 rings (SSSR count). The van der Waals surface area contributed by atoms with E-state index < -0.39 is 26.8 Å². The van der Waals surface area contributed by atoms with Crippen molar-refractivity contribution in [2.45, 2.75) is 11.4 Å². The summed E-state index contributed by atoms with van der Waals surface area (Å²) in [6, 6.07) is 13.9. The van der Waals surface area contributed by atoms with E-state index in [2.05, 4.69) is 0 Å². The standard InChI is InChI=1S/C23H20ClFN2O7S/c1-33-12-11-26(23(28)21-10-7-18(27(29)30)14-22(21)24)15-16-3-2-4-19(13-16)34-35(31,32)20-8-5-17(25)6-9-20/h2-10,13-14H,11-12,15H2,1H3. The van der Waals surface area contributed by atoms with Crippen molar-refractivity contribution in [2.24, 2.45) is 0 Å². The van der Waals surface area contributed by atoms with E-state index in [1.807, 2.05) is 0 Å². The van der Waals surface area contributed by atoms with Crippen molar-refractivity contribution in [3.05, 3.63) is 98.8 Å². The Morgan fingerprint density at radius 1 is 1.11 bits per heavy atom. The van der Waals surface area contributed by atoms with E-state index in [0.29, 0.717) is 5.56 Å². The molecule has 0 spiro atoms. The summed E-state index contributed by atoms with van der Waals surface area (Å²) >= 11 is 6.12. The van der Waals surface area contributed by atoms with Gasteiger partial charge < -0.3 is 13.8 Å². The van der Waals surface area contributed by atoms with Gasteiger partial charge in [0.2, 0.25) is 0 Å². The van der Waals surface area contributed by atoms with Gasteiger partial charge in [0.05, 0.1) is 22.1 Å². The molecule has 9 nitrogen and oxygen atoms in total. The van der Waals surface area contributed by atoms with E-state index in [9.17, 15) is 27.7 Å². The Labute approximate surface area is 205 Å². The molecule has 12 heteroatoms. The van der Waals surface area contributed by atoms with Crippen molar-refractivity contribution >= 4 is 33.3 Å². The SMILES string of the molecule is COCCN(Cc1cccc(OS(=O)(=O)c2ccc(F)cc2)c1)C(=O)c1ccc([N+](=O)[O-])cc1Cl. The lowest BCUT2D eigenvalue weighted by Crippen LogP contribution is -2.33. The summed E-state index contributed by atoms with van der Waals surface area (Å²) < 4.78 is 48.4. The maximum atomic E-state index is 13.1. The zero-order valence-corrected chi connectivity index (χ0v) is 20.0. The molecule has 0 atom stereocenters. The smallest absolute Gasteiger partial charge is 0.339 e. The molecule has 0 N–H and O–H groups in total. The van der Waals surface area contributed by atoms with Crippen molar-refractivity contribution < 1.29 is 31.4 Å². The number of halogens is 2. The van der Waals surface area contributed by atoms with Crippen LogP contribution in [0.25, 0.3) is 0 Å². The molecule has 0 saturated carbocycles. The van der Waals surface area contributed by atoms with Crippen molar-refractivity contribution in [1.29, 1.82) is 0 Å². The van der Waals surface area contributed by atoms with Crippen LogP contribution in [0.4, 0.5) is 10.1 Å². The third-order valence-electron chi connectivity index (χ3n) is 4.83. The molecule has 0 bridgehead atoms. The molecule has 0 aliphatic rings. The molecular weight excluding hydrogens is 503 g/mol. The first-order valence-corrected chi connectivity index (χ1v) is 11.9. The Morgan fingerprint density at radius 3 is 2.46 bits per heavy atom. The summed E-state index contributed by atoms with van der Waals surface area (Å²) in [6.45, 7) is 0.413. The number of rotatable bonds is 10. The first-order valence-electron chi connectivity index (χ1n) is 10.1. The van der Waals surface area contributed by atoms with Crippen LogP contribution >= 0.6 is 11.6 Å². The zero-order valence-electron chi connectivity index (χ0n) is 18.4. The topological polar surface area (TPSA) is 116 Å². The zero-order chi connectivity index (χ0) is 25.6. The predicted molar refractivity (Wildman–Crippen MR) is 125 cm³/mol. The average Bonchev–Trinajstić information content (AvgIpc) is 2.81. The third kappa shape index (κ3) is 6.75. The molecule has 3 aromatic carbocycles. The van der Waals surface area contributed by atoms with E-state index >= 15 is 0 Å². The van der Waals surface area contributed by atoms with Gasteiger partial charge in [-0.25, -0.2) is 4.39 Å². The van der Waals surface area contributed by atoms with Gasteiger partial charge in [-0.15, -0.1) is 0 Å². The fraction of sp³-hybridized carbons (Fsp3) is 0.174. The number of methoxy groups -OCH3 is 1. The van der Waals surface area contributed by atoms with Crippen LogP contribution in [0.5, 0.6) is 5.75 Å². The number of carbonyl (C=O) groups excluding carboxylic acids is 1. The van der Waals surface area contributed by atoms with Gasteiger partial charge in [-0.1, -0.05) is 23.7 Å². The normalized spacial score (nSPS) is 11.2. The summed E-state index contributed by atoms with van der Waals surface area (Å²) in [4.78, 5) is 24.7. The average molecular weight is 523 g/mol. The summed E-state index contributed by atoms with van der Waals surface area (Å²) in [5.74, 6) is -1.08. The number of hydrogen-bond donors (Lipinski definition) is 0. The fourth-order valence-electron chi connectivity index (χ4n) is 3.11. The molecule has 0 aliphatic heterocycles. The number of amides is 1. The van der Waals surface area contributed by atoms with E-state index in [0.717, 1.165) is 30.3 Å². The van der Waals surface area contributed by atoms with Crippen LogP contribution in [0.3, 0.4) is 0 Å². The van der Waals surface area contributed by atoms with Crippen LogP contribution in [0.1, 0.15) is 15.9 Å². The molecule has 0 heterocycles. The minimum Gasteiger partial charge on any atom is -0.383 e. The van der Waals surface area contributed by atoms with Gasteiger partial charge in [0.25, 0.3) is 11.6 Å². The van der Waals surface area contributed by atoms with Gasteiger partial charge in [-0.05, 0) is 48.0 Å². The van der Waals surface area contributed by atoms with Gasteiger partial charge >= 0.3 is 10.1 Å². The summed E-state index contributed by atoms with van der Waals surface area (Å²) in [5.41, 5.74) is 0.362. The highest BCUT2D eigenvalue weighted by molar-refractivity contribution is 7.87. The summed E-state index contributed by atoms with van der Waals surface area (Å²) in [6.07, 6.45) is 0. The second-order valence-electron chi connectivity index (χ2n) is 7.28. The van der Waals surface area contributed by atoms with Crippen LogP contribution in [-0.4, -0.2) is 44.4 Å². The highest BCUT2D eigenvalue weighted by Gasteiger charge is 2.22. The second-order valence-corrected chi connectivity index (χ2v) is 9.23. The summed E-state index contributed by atoms with van der Waals surface area (Å²) in [7, 11) is -2.74. The molecule has 0 fully saturated rings. The van der Waals surface area contributed by atoms with Crippen LogP contribution in [0.15, 0.2) is 71.6 Å². The fourth-order valence-corrected chi connectivity index (χ4v) is 4.29. The molecule has 0 aromatic heterocycles. The molecule has 1 amide bonds. The largest absolute Gasteiger partial charge is 0.383 e. The minimum atomic E-state index is -4.21. The Morgan fingerprint density at radius 2 is 1.83 bits per heavy atom. The highest BCUT2D eigenvalue weighted by Crippen LogP contribution is 2.25. The van der Waals surface area contributed by atoms with Crippen molar-refractivity contribution in [3.63, 3.8) is 0 Å². The lowest BCUT2D eigenvalue weighted by Gasteiger charge is -2.23. The Bertz CT molecular complexity index is 1330. The maximum Gasteiger partial charge on any atom is 0.339 e. The molecule has 184 valence electrons. The van der Waals surface area contributed by atoms with Crippen LogP contribution in [-0.2, 0) is 21.4 Å². The van der Waals surface area contributed by atoms with Crippen molar-refractivity contribution in [1.82, 2.24) is 4.90 Å². The quantitative estimate of drug-likeness (QED) is 0.219. The molecule has 3 aromatic rings. The molecule has 0 unspecified atom stereocenters. The Hall–Kier alpha value is -3.54. The van der Waals surface area contributed by atoms with Crippen LogP contribution in [0, 0.1) is 15.9 Å². The van der Waals surface area contributed by atoms with Gasteiger partial charge in [-0.2, -0.15) is 8.42 Å². The van der Waals surface area contributed by atoms with Gasteiger partial charge in [-0.3, -0.25) is 14.9 Å². The number of nitrogens with zero attached hydrogens (tertiary/aromatic N) is 2. The van der Waals surface area contributed by atoms with E-state index in [1.54, 1.807) is 12.1 Å². The predicted octanol–water partition coefficient (Wildman–Crippen LogP) is 4.44. The second kappa shape index (κ2) is 11.3. The Kier molecular flexibility index (Phi) is 8.39. The van der Waals surface area contributed by atoms with Gasteiger partial charge in [0.1, 0.15) is 16.5 Å². The minimum absolute atomic E-state index is 0.000617. The highest BCUT2D eigenvalue weighted by atomic mass is 35.5. The maximum absolute atomic E-state index is 13.1. The monoisotopic (exact) mass is 522 g/mol. The van der Waals surface area contributed by atoms with E-state index in [4.69, 9.17) is 20.5 Å². The first-order chi connectivity index (χ1) is 16.6. The van der Waals surface area contributed by atoms with Gasteiger partial charge in [0.15, 0.2) is 0 Å². The molecule has 0 radical (unpaired) electrons. The lowest BCUT2D eigenvalue weighted by atomic mass is 10.1. The molecule has 35 heavy (non-hydrogen) atoms. The van der Waals surface area contributed by atoms with Crippen molar-refractivity contribution in [2.75, 3.05) is 20.3 Å². The molecular formula is C23H20ClFN2O7S. The Balaban J connectivity index is 1.83. The molecule has 0 aliphatic carbocycles. The number of benzene rings is 3. The first kappa shape index (κ1) is 26.1. The third-order valence-corrected chi connectivity index (χ3v) is 6.40. The number of carbonyl (C=O) groups is 1. The van der Waals surface area contributed by atoms with Crippen LogP contribution in [0.2, 0.25) is 5.02 Å². The van der Waals surface area contributed by atoms with Gasteiger partial charge in [0, 0.05) is 32.3 Å². The lowest BCUT2D eigenvalue weighted by molar-refractivity contribution is -0.384. The molecule has 0 saturated heterocycles.